The summed E-state index contributed by atoms with van der Waals surface area (Å²) in [6.07, 6.45) is -1.37. The van der Waals surface area contributed by atoms with Gasteiger partial charge in [-0.3, -0.25) is 4.79 Å². The van der Waals surface area contributed by atoms with Crippen molar-refractivity contribution in [3.05, 3.63) is 95.6 Å². The maximum absolute atomic E-state index is 10.7. The highest BCUT2D eigenvalue weighted by Gasteiger charge is 2.12. The first-order valence-corrected chi connectivity index (χ1v) is 10.0. The number of hydrogen-bond acceptors (Lipinski definition) is 6. The van der Waals surface area contributed by atoms with Crippen LogP contribution in [0.4, 0.5) is 0 Å². The predicted octanol–water partition coefficient (Wildman–Crippen LogP) is 4.20. The molecule has 0 bridgehead atoms. The molecule has 1 unspecified atom stereocenters. The Kier molecular flexibility index (Phi) is 8.22. The quantitative estimate of drug-likeness (QED) is 0.346. The lowest BCUT2D eigenvalue weighted by Crippen LogP contribution is -2.13. The van der Waals surface area contributed by atoms with Gasteiger partial charge in [0, 0.05) is 5.56 Å². The summed E-state index contributed by atoms with van der Waals surface area (Å²) in [6.45, 7) is 0.630. The van der Waals surface area contributed by atoms with Crippen molar-refractivity contribution in [2.45, 2.75) is 19.1 Å². The summed E-state index contributed by atoms with van der Waals surface area (Å²) in [5, 5.41) is 22.7. The van der Waals surface area contributed by atoms with Gasteiger partial charge in [0.05, 0.1) is 12.5 Å². The Bertz CT molecular complexity index is 1020. The van der Waals surface area contributed by atoms with E-state index in [1.54, 1.807) is 24.3 Å². The molecule has 0 amide bonds. The number of carbonyl (C=O) groups is 1. The smallest absolute Gasteiger partial charge is 0.306 e. The molecule has 0 aromatic heterocycles. The second-order valence-electron chi connectivity index (χ2n) is 6.99. The number of aliphatic hydroxyl groups excluding tert-OH is 1. The monoisotopic (exact) mass is 435 g/mol. The molecule has 0 aliphatic rings. The van der Waals surface area contributed by atoms with Crippen LogP contribution in [0.1, 0.15) is 29.2 Å². The zero-order valence-electron chi connectivity index (χ0n) is 17.7. The summed E-state index contributed by atoms with van der Waals surface area (Å²) in [6, 6.07) is 24.0. The van der Waals surface area contributed by atoms with Crippen molar-refractivity contribution in [3.63, 3.8) is 0 Å². The van der Waals surface area contributed by atoms with Gasteiger partial charge in [0.2, 0.25) is 0 Å². The van der Waals surface area contributed by atoms with Gasteiger partial charge in [-0.15, -0.1) is 0 Å². The fourth-order valence-electron chi connectivity index (χ4n) is 2.97. The molecule has 0 spiro atoms. The van der Waals surface area contributed by atoms with Crippen LogP contribution in [-0.4, -0.2) is 35.6 Å². The number of hydrogen-bond donors (Lipinski definition) is 2. The SMILES string of the molecule is CON=C(COc1ccc(COc2ccc(C(O)CC(=O)O)cc2)cc1)c1ccccc1. The van der Waals surface area contributed by atoms with E-state index >= 15 is 0 Å². The van der Waals surface area contributed by atoms with E-state index in [2.05, 4.69) is 5.16 Å². The first kappa shape index (κ1) is 22.8. The summed E-state index contributed by atoms with van der Waals surface area (Å²) in [7, 11) is 1.50. The van der Waals surface area contributed by atoms with E-state index in [1.807, 2.05) is 54.6 Å². The number of rotatable bonds is 11. The lowest BCUT2D eigenvalue weighted by atomic mass is 10.1. The number of nitrogens with zero attached hydrogens (tertiary/aromatic N) is 1. The molecule has 32 heavy (non-hydrogen) atoms. The number of carboxylic acid groups (broad SMARTS) is 1. The highest BCUT2D eigenvalue weighted by molar-refractivity contribution is 6.01. The van der Waals surface area contributed by atoms with Crippen molar-refractivity contribution in [3.8, 4) is 11.5 Å². The lowest BCUT2D eigenvalue weighted by Gasteiger charge is -2.11. The van der Waals surface area contributed by atoms with E-state index in [0.717, 1.165) is 11.1 Å². The van der Waals surface area contributed by atoms with Gasteiger partial charge < -0.3 is 24.5 Å². The summed E-state index contributed by atoms with van der Waals surface area (Å²) in [5.74, 6) is 0.276. The first-order valence-electron chi connectivity index (χ1n) is 10.0. The third kappa shape index (κ3) is 6.85. The number of oxime groups is 1. The summed E-state index contributed by atoms with van der Waals surface area (Å²) < 4.78 is 11.6. The van der Waals surface area contributed by atoms with Crippen molar-refractivity contribution in [2.24, 2.45) is 5.16 Å². The Labute approximate surface area is 186 Å². The van der Waals surface area contributed by atoms with Crippen LogP contribution in [0.2, 0.25) is 0 Å². The van der Waals surface area contributed by atoms with Crippen LogP contribution < -0.4 is 9.47 Å². The third-order valence-electron chi connectivity index (χ3n) is 4.65. The first-order chi connectivity index (χ1) is 15.5. The Hall–Kier alpha value is -3.84. The van der Waals surface area contributed by atoms with Gasteiger partial charge in [-0.1, -0.05) is 59.8 Å². The van der Waals surface area contributed by atoms with Gasteiger partial charge >= 0.3 is 5.97 Å². The van der Waals surface area contributed by atoms with Crippen LogP contribution in [0.15, 0.2) is 84.0 Å². The minimum absolute atomic E-state index is 0.272. The van der Waals surface area contributed by atoms with Gasteiger partial charge in [0.25, 0.3) is 0 Å². The van der Waals surface area contributed by atoms with E-state index in [-0.39, 0.29) is 13.0 Å². The topological polar surface area (TPSA) is 97.6 Å². The summed E-state index contributed by atoms with van der Waals surface area (Å²) >= 11 is 0. The Balaban J connectivity index is 1.51. The fourth-order valence-corrected chi connectivity index (χ4v) is 2.97. The Morgan fingerprint density at radius 1 is 0.906 bits per heavy atom. The summed E-state index contributed by atoms with van der Waals surface area (Å²) in [5.41, 5.74) is 3.12. The maximum atomic E-state index is 10.7. The molecule has 0 aliphatic heterocycles. The van der Waals surface area contributed by atoms with Gasteiger partial charge in [-0.2, -0.15) is 0 Å². The Morgan fingerprint density at radius 3 is 2.16 bits per heavy atom. The second-order valence-corrected chi connectivity index (χ2v) is 6.99. The number of carboxylic acids is 1. The maximum Gasteiger partial charge on any atom is 0.306 e. The highest BCUT2D eigenvalue weighted by atomic mass is 16.6. The van der Waals surface area contributed by atoms with Crippen LogP contribution in [0.5, 0.6) is 11.5 Å². The van der Waals surface area contributed by atoms with Crippen LogP contribution in [0, 0.1) is 0 Å². The van der Waals surface area contributed by atoms with E-state index < -0.39 is 12.1 Å². The molecule has 1 atom stereocenters. The van der Waals surface area contributed by atoms with Crippen LogP contribution in [-0.2, 0) is 16.2 Å². The Morgan fingerprint density at radius 2 is 1.53 bits per heavy atom. The van der Waals surface area contributed by atoms with Gasteiger partial charge in [0.15, 0.2) is 0 Å². The molecule has 0 fully saturated rings. The molecule has 3 aromatic carbocycles. The van der Waals surface area contributed by atoms with E-state index in [0.29, 0.717) is 29.4 Å². The van der Waals surface area contributed by atoms with Gasteiger partial charge in [-0.25, -0.2) is 0 Å². The largest absolute Gasteiger partial charge is 0.489 e. The average Bonchev–Trinajstić information content (AvgIpc) is 2.81. The van der Waals surface area contributed by atoms with Crippen LogP contribution in [0.3, 0.4) is 0 Å². The molecule has 0 radical (unpaired) electrons. The average molecular weight is 435 g/mol. The van der Waals surface area contributed by atoms with Gasteiger partial charge in [-0.05, 0) is 35.4 Å². The third-order valence-corrected chi connectivity index (χ3v) is 4.65. The zero-order valence-corrected chi connectivity index (χ0v) is 17.7. The molecule has 166 valence electrons. The van der Waals surface area contributed by atoms with E-state index in [9.17, 15) is 9.90 Å². The molecule has 0 heterocycles. The molecule has 0 saturated carbocycles. The predicted molar refractivity (Wildman–Crippen MR) is 120 cm³/mol. The molecule has 0 saturated heterocycles. The second kappa shape index (κ2) is 11.5. The standard InChI is InChI=1S/C25H25NO6/c1-30-26-23(19-5-3-2-4-6-19)17-32-21-11-7-18(8-12-21)16-31-22-13-9-20(10-14-22)24(27)15-25(28)29/h2-14,24,27H,15-17H2,1H3,(H,28,29). The molecular weight excluding hydrogens is 410 g/mol. The van der Waals surface area contributed by atoms with Crippen LogP contribution in [0.25, 0.3) is 0 Å². The molecule has 3 aromatic rings. The minimum Gasteiger partial charge on any atom is -0.489 e. The van der Waals surface area contributed by atoms with Crippen molar-refractivity contribution in [2.75, 3.05) is 13.7 Å². The van der Waals surface area contributed by atoms with Crippen molar-refractivity contribution in [1.82, 2.24) is 0 Å². The van der Waals surface area contributed by atoms with E-state index in [1.165, 1.54) is 7.11 Å². The van der Waals surface area contributed by atoms with Crippen molar-refractivity contribution in [1.29, 1.82) is 0 Å². The highest BCUT2D eigenvalue weighted by Crippen LogP contribution is 2.21. The van der Waals surface area contributed by atoms with E-state index in [4.69, 9.17) is 19.4 Å². The fraction of sp³-hybridized carbons (Fsp3) is 0.200. The molecule has 2 N–H and O–H groups in total. The number of aliphatic hydroxyl groups is 1. The number of aliphatic carboxylic acids is 1. The van der Waals surface area contributed by atoms with Gasteiger partial charge in [0.1, 0.15) is 37.5 Å². The molecule has 3 rings (SSSR count). The molecule has 7 heteroatoms. The number of benzene rings is 3. The van der Waals surface area contributed by atoms with Crippen LogP contribution >= 0.6 is 0 Å². The normalized spacial score (nSPS) is 12.1. The minimum atomic E-state index is -1.05. The molecule has 0 aliphatic carbocycles. The van der Waals surface area contributed by atoms with Crippen molar-refractivity contribution < 1.29 is 29.3 Å². The lowest BCUT2D eigenvalue weighted by molar-refractivity contribution is -0.139. The molecule has 7 nitrogen and oxygen atoms in total. The number of ether oxygens (including phenoxy) is 2. The molecular formula is C25H25NO6. The van der Waals surface area contributed by atoms with Crippen molar-refractivity contribution >= 4 is 11.7 Å². The zero-order chi connectivity index (χ0) is 22.8. The summed E-state index contributed by atoms with van der Waals surface area (Å²) in [4.78, 5) is 15.6.